The van der Waals surface area contributed by atoms with Gasteiger partial charge in [-0.15, -0.1) is 0 Å². The third-order valence-corrected chi connectivity index (χ3v) is 5.12. The van der Waals surface area contributed by atoms with E-state index < -0.39 is 0 Å². The van der Waals surface area contributed by atoms with Gasteiger partial charge < -0.3 is 19.4 Å². The van der Waals surface area contributed by atoms with Crippen LogP contribution < -0.4 is 14.4 Å². The van der Waals surface area contributed by atoms with E-state index in [4.69, 9.17) is 9.47 Å². The molecule has 1 heterocycles. The smallest absolute Gasteiger partial charge is 0.161 e. The van der Waals surface area contributed by atoms with Crippen LogP contribution in [0.25, 0.3) is 0 Å². The minimum atomic E-state index is 0.172. The Morgan fingerprint density at radius 2 is 1.63 bits per heavy atom. The fourth-order valence-corrected chi connectivity index (χ4v) is 3.48. The van der Waals surface area contributed by atoms with E-state index in [1.165, 1.54) is 22.5 Å². The predicted molar refractivity (Wildman–Crippen MR) is 110 cm³/mol. The van der Waals surface area contributed by atoms with Crippen LogP contribution in [0.15, 0.2) is 54.2 Å². The third-order valence-electron chi connectivity index (χ3n) is 5.12. The standard InChI is InChI=1S/C22H29N3O2/c1-16-13-20(18-9-12-21(26-5)22(14-18)27-6)24(4)25(16)15-17-7-10-19(11-8-17)23(2)3/h7-14,20H,15H2,1-6H3. The Hall–Kier alpha value is -2.66. The van der Waals surface area contributed by atoms with E-state index in [-0.39, 0.29) is 6.04 Å². The van der Waals surface area contributed by atoms with E-state index in [2.05, 4.69) is 85.5 Å². The molecular weight excluding hydrogens is 338 g/mol. The lowest BCUT2D eigenvalue weighted by molar-refractivity contribution is 0.0268. The molecule has 0 N–H and O–H groups in total. The number of ether oxygens (including phenoxy) is 2. The first-order valence-corrected chi connectivity index (χ1v) is 9.11. The highest BCUT2D eigenvalue weighted by atomic mass is 16.5. The van der Waals surface area contributed by atoms with Crippen molar-refractivity contribution in [2.75, 3.05) is 40.3 Å². The van der Waals surface area contributed by atoms with Crippen LogP contribution in [0.1, 0.15) is 24.1 Å². The van der Waals surface area contributed by atoms with Gasteiger partial charge in [-0.25, -0.2) is 5.01 Å². The Kier molecular flexibility index (Phi) is 5.61. The topological polar surface area (TPSA) is 28.2 Å². The number of methoxy groups -OCH3 is 2. The van der Waals surface area contributed by atoms with Crippen molar-refractivity contribution in [2.24, 2.45) is 0 Å². The summed E-state index contributed by atoms with van der Waals surface area (Å²) in [6, 6.07) is 15.0. The maximum absolute atomic E-state index is 5.47. The Morgan fingerprint density at radius 3 is 2.22 bits per heavy atom. The average molecular weight is 367 g/mol. The maximum Gasteiger partial charge on any atom is 0.161 e. The van der Waals surface area contributed by atoms with Crippen LogP contribution in [-0.2, 0) is 6.54 Å². The monoisotopic (exact) mass is 367 g/mol. The third kappa shape index (κ3) is 3.88. The molecule has 144 valence electrons. The zero-order valence-electron chi connectivity index (χ0n) is 17.1. The van der Waals surface area contributed by atoms with Gasteiger partial charge >= 0.3 is 0 Å². The lowest BCUT2D eigenvalue weighted by Crippen LogP contribution is -2.34. The lowest BCUT2D eigenvalue weighted by atomic mass is 10.1. The van der Waals surface area contributed by atoms with Crippen molar-refractivity contribution in [3.8, 4) is 11.5 Å². The van der Waals surface area contributed by atoms with Gasteiger partial charge in [0.05, 0.1) is 26.8 Å². The van der Waals surface area contributed by atoms with Gasteiger partial charge in [-0.3, -0.25) is 0 Å². The van der Waals surface area contributed by atoms with Gasteiger partial charge in [-0.2, -0.15) is 0 Å². The van der Waals surface area contributed by atoms with Crippen molar-refractivity contribution in [3.63, 3.8) is 0 Å². The van der Waals surface area contributed by atoms with Crippen molar-refractivity contribution in [1.29, 1.82) is 0 Å². The summed E-state index contributed by atoms with van der Waals surface area (Å²) < 4.78 is 10.8. The first-order valence-electron chi connectivity index (χ1n) is 9.11. The molecule has 2 aromatic carbocycles. The number of hydrogen-bond acceptors (Lipinski definition) is 5. The molecule has 5 nitrogen and oxygen atoms in total. The Morgan fingerprint density at radius 1 is 0.963 bits per heavy atom. The van der Waals surface area contributed by atoms with Gasteiger partial charge in [0.25, 0.3) is 0 Å². The molecule has 3 rings (SSSR count). The molecule has 27 heavy (non-hydrogen) atoms. The fourth-order valence-electron chi connectivity index (χ4n) is 3.48. The molecule has 1 aliphatic heterocycles. The number of likely N-dealkylation sites (N-methyl/N-ethyl adjacent to an activating group) is 1. The molecule has 1 unspecified atom stereocenters. The van der Waals surface area contributed by atoms with Gasteiger partial charge in [-0.1, -0.05) is 18.2 Å². The van der Waals surface area contributed by atoms with E-state index in [0.717, 1.165) is 18.0 Å². The van der Waals surface area contributed by atoms with Crippen molar-refractivity contribution in [3.05, 3.63) is 65.4 Å². The molecular formula is C22H29N3O2. The Labute approximate surface area is 162 Å². The number of nitrogens with zero attached hydrogens (tertiary/aromatic N) is 3. The summed E-state index contributed by atoms with van der Waals surface area (Å²) in [5.41, 5.74) is 4.92. The average Bonchev–Trinajstić information content (AvgIpc) is 2.96. The predicted octanol–water partition coefficient (Wildman–Crippen LogP) is 4.08. The van der Waals surface area contributed by atoms with Crippen molar-refractivity contribution in [2.45, 2.75) is 19.5 Å². The molecule has 0 bridgehead atoms. The molecule has 0 amide bonds. The molecule has 0 aliphatic carbocycles. The Balaban J connectivity index is 1.78. The summed E-state index contributed by atoms with van der Waals surface area (Å²) in [5.74, 6) is 1.51. The summed E-state index contributed by atoms with van der Waals surface area (Å²) in [6.45, 7) is 3.00. The van der Waals surface area contributed by atoms with Crippen LogP contribution in [0, 0.1) is 0 Å². The van der Waals surface area contributed by atoms with Crippen molar-refractivity contribution < 1.29 is 9.47 Å². The summed E-state index contributed by atoms with van der Waals surface area (Å²) in [4.78, 5) is 2.12. The van der Waals surface area contributed by atoms with Crippen LogP contribution >= 0.6 is 0 Å². The van der Waals surface area contributed by atoms with E-state index in [1.807, 2.05) is 6.07 Å². The molecule has 5 heteroatoms. The molecule has 0 aromatic heterocycles. The summed E-state index contributed by atoms with van der Waals surface area (Å²) in [6.07, 6.45) is 2.29. The number of rotatable bonds is 6. The first-order chi connectivity index (χ1) is 12.9. The van der Waals surface area contributed by atoms with Crippen LogP contribution in [-0.4, -0.2) is 45.4 Å². The number of allylic oxidation sites excluding steroid dienone is 1. The van der Waals surface area contributed by atoms with Gasteiger partial charge in [0, 0.05) is 32.5 Å². The van der Waals surface area contributed by atoms with E-state index in [1.54, 1.807) is 14.2 Å². The second-order valence-electron chi connectivity index (χ2n) is 7.06. The van der Waals surface area contributed by atoms with Crippen molar-refractivity contribution >= 4 is 5.69 Å². The van der Waals surface area contributed by atoms with Gasteiger partial charge in [-0.05, 0) is 48.4 Å². The summed E-state index contributed by atoms with van der Waals surface area (Å²) in [5, 5.41) is 4.59. The maximum atomic E-state index is 5.47. The highest BCUT2D eigenvalue weighted by Gasteiger charge is 2.28. The largest absolute Gasteiger partial charge is 0.493 e. The normalized spacial score (nSPS) is 17.0. The van der Waals surface area contributed by atoms with Gasteiger partial charge in [0.2, 0.25) is 0 Å². The molecule has 2 aromatic rings. The minimum Gasteiger partial charge on any atom is -0.493 e. The van der Waals surface area contributed by atoms with Gasteiger partial charge in [0.1, 0.15) is 0 Å². The highest BCUT2D eigenvalue weighted by Crippen LogP contribution is 2.37. The van der Waals surface area contributed by atoms with Crippen LogP contribution in [0.4, 0.5) is 5.69 Å². The summed E-state index contributed by atoms with van der Waals surface area (Å²) >= 11 is 0. The van der Waals surface area contributed by atoms with Crippen LogP contribution in [0.3, 0.4) is 0 Å². The number of hydrogen-bond donors (Lipinski definition) is 0. The minimum absolute atomic E-state index is 0.172. The zero-order valence-corrected chi connectivity index (χ0v) is 17.1. The highest BCUT2D eigenvalue weighted by molar-refractivity contribution is 5.46. The number of hydrazine groups is 1. The SMILES string of the molecule is COc1ccc(C2C=C(C)N(Cc3ccc(N(C)C)cc3)N2C)cc1OC. The lowest BCUT2D eigenvalue weighted by Gasteiger charge is -2.32. The number of benzene rings is 2. The van der Waals surface area contributed by atoms with E-state index in [0.29, 0.717) is 0 Å². The molecule has 1 aliphatic rings. The Bertz CT molecular complexity index is 815. The van der Waals surface area contributed by atoms with E-state index in [9.17, 15) is 0 Å². The molecule has 1 atom stereocenters. The number of anilines is 1. The second-order valence-corrected chi connectivity index (χ2v) is 7.06. The molecule has 0 radical (unpaired) electrons. The van der Waals surface area contributed by atoms with Gasteiger partial charge in [0.15, 0.2) is 11.5 Å². The van der Waals surface area contributed by atoms with E-state index >= 15 is 0 Å². The van der Waals surface area contributed by atoms with Crippen LogP contribution in [0.5, 0.6) is 11.5 Å². The summed E-state index contributed by atoms with van der Waals surface area (Å²) in [7, 11) is 9.58. The molecule has 0 saturated carbocycles. The second kappa shape index (κ2) is 7.92. The fraction of sp³-hybridized carbons (Fsp3) is 0.364. The molecule has 0 saturated heterocycles. The first kappa shape index (κ1) is 19.1. The molecule has 0 fully saturated rings. The van der Waals surface area contributed by atoms with Crippen molar-refractivity contribution in [1.82, 2.24) is 10.0 Å². The quantitative estimate of drug-likeness (QED) is 0.767. The van der Waals surface area contributed by atoms with Crippen LogP contribution in [0.2, 0.25) is 0 Å². The molecule has 0 spiro atoms. The zero-order chi connectivity index (χ0) is 19.6.